The Bertz CT molecular complexity index is 734. The Morgan fingerprint density at radius 1 is 1.17 bits per heavy atom. The van der Waals surface area contributed by atoms with Gasteiger partial charge in [0.05, 0.1) is 10.7 Å². The van der Waals surface area contributed by atoms with Gasteiger partial charge in [-0.05, 0) is 38.4 Å². The first kappa shape index (κ1) is 17.9. The number of anilines is 1. The molecule has 0 spiro atoms. The van der Waals surface area contributed by atoms with Crippen LogP contribution in [0.25, 0.3) is 0 Å². The van der Waals surface area contributed by atoms with Crippen molar-refractivity contribution in [2.24, 2.45) is 0 Å². The molecule has 7 heteroatoms. The molecular formula is C17H19ClN4O2. The van der Waals surface area contributed by atoms with E-state index in [1.807, 2.05) is 19.0 Å². The van der Waals surface area contributed by atoms with Crippen LogP contribution in [0.15, 0.2) is 42.6 Å². The van der Waals surface area contributed by atoms with Crippen LogP contribution in [-0.2, 0) is 0 Å². The third-order valence-corrected chi connectivity index (χ3v) is 3.55. The van der Waals surface area contributed by atoms with E-state index >= 15 is 0 Å². The van der Waals surface area contributed by atoms with E-state index < -0.39 is 0 Å². The Balaban J connectivity index is 2.05. The third kappa shape index (κ3) is 5.04. The van der Waals surface area contributed by atoms with E-state index in [4.69, 9.17) is 11.6 Å². The van der Waals surface area contributed by atoms with Crippen molar-refractivity contribution in [3.8, 4) is 0 Å². The summed E-state index contributed by atoms with van der Waals surface area (Å²) in [6, 6.07) is 9.95. The number of nitrogens with zero attached hydrogens (tertiary/aromatic N) is 2. The van der Waals surface area contributed by atoms with Gasteiger partial charge in [0.2, 0.25) is 0 Å². The lowest BCUT2D eigenvalue weighted by Gasteiger charge is -2.11. The SMILES string of the molecule is CN(C)CCNC(=O)c1cc(C(=O)Nc2ccccc2Cl)ccn1. The molecule has 0 saturated heterocycles. The molecule has 2 aromatic rings. The van der Waals surface area contributed by atoms with Gasteiger partial charge in [0.15, 0.2) is 0 Å². The number of pyridine rings is 1. The molecule has 0 aliphatic rings. The van der Waals surface area contributed by atoms with E-state index in [2.05, 4.69) is 15.6 Å². The van der Waals surface area contributed by atoms with E-state index in [0.29, 0.717) is 22.8 Å². The lowest BCUT2D eigenvalue weighted by Crippen LogP contribution is -2.32. The maximum absolute atomic E-state index is 12.3. The van der Waals surface area contributed by atoms with E-state index in [0.717, 1.165) is 6.54 Å². The second-order valence-corrected chi connectivity index (χ2v) is 5.83. The van der Waals surface area contributed by atoms with Gasteiger partial charge in [0.25, 0.3) is 11.8 Å². The number of benzene rings is 1. The highest BCUT2D eigenvalue weighted by Gasteiger charge is 2.12. The molecule has 24 heavy (non-hydrogen) atoms. The molecule has 1 aromatic heterocycles. The van der Waals surface area contributed by atoms with Crippen LogP contribution >= 0.6 is 11.6 Å². The number of amides is 2. The average molecular weight is 347 g/mol. The number of para-hydroxylation sites is 1. The Kier molecular flexibility index (Phi) is 6.28. The third-order valence-electron chi connectivity index (χ3n) is 3.22. The van der Waals surface area contributed by atoms with Gasteiger partial charge in [0, 0.05) is 24.8 Å². The molecule has 0 aliphatic carbocycles. The van der Waals surface area contributed by atoms with Gasteiger partial charge in [-0.1, -0.05) is 23.7 Å². The van der Waals surface area contributed by atoms with Crippen molar-refractivity contribution < 1.29 is 9.59 Å². The topological polar surface area (TPSA) is 74.3 Å². The van der Waals surface area contributed by atoms with Crippen LogP contribution in [0, 0.1) is 0 Å². The lowest BCUT2D eigenvalue weighted by atomic mass is 10.2. The molecule has 1 heterocycles. The number of hydrogen-bond donors (Lipinski definition) is 2. The van der Waals surface area contributed by atoms with Crippen molar-refractivity contribution in [1.29, 1.82) is 0 Å². The van der Waals surface area contributed by atoms with E-state index in [9.17, 15) is 9.59 Å². The number of hydrogen-bond acceptors (Lipinski definition) is 4. The second-order valence-electron chi connectivity index (χ2n) is 5.42. The van der Waals surface area contributed by atoms with Crippen LogP contribution in [0.4, 0.5) is 5.69 Å². The van der Waals surface area contributed by atoms with Crippen LogP contribution in [0.1, 0.15) is 20.8 Å². The molecule has 0 unspecified atom stereocenters. The zero-order valence-electron chi connectivity index (χ0n) is 13.5. The summed E-state index contributed by atoms with van der Waals surface area (Å²) in [5.74, 6) is -0.669. The first-order valence-electron chi connectivity index (χ1n) is 7.42. The molecule has 2 amide bonds. The molecule has 2 N–H and O–H groups in total. The van der Waals surface area contributed by atoms with E-state index in [1.54, 1.807) is 30.3 Å². The zero-order valence-corrected chi connectivity index (χ0v) is 14.3. The second kappa shape index (κ2) is 8.42. The van der Waals surface area contributed by atoms with Gasteiger partial charge < -0.3 is 15.5 Å². The Hall–Kier alpha value is -2.44. The van der Waals surface area contributed by atoms with Crippen LogP contribution in [0.5, 0.6) is 0 Å². The zero-order chi connectivity index (χ0) is 17.5. The number of halogens is 1. The van der Waals surface area contributed by atoms with E-state index in [1.165, 1.54) is 12.3 Å². The molecule has 0 fully saturated rings. The average Bonchev–Trinajstić information content (AvgIpc) is 2.56. The minimum Gasteiger partial charge on any atom is -0.349 e. The highest BCUT2D eigenvalue weighted by molar-refractivity contribution is 6.33. The normalized spacial score (nSPS) is 10.5. The number of likely N-dealkylation sites (N-methyl/N-ethyl adjacent to an activating group) is 1. The fraction of sp³-hybridized carbons (Fsp3) is 0.235. The van der Waals surface area contributed by atoms with Crippen molar-refractivity contribution in [2.45, 2.75) is 0 Å². The highest BCUT2D eigenvalue weighted by atomic mass is 35.5. The fourth-order valence-corrected chi connectivity index (χ4v) is 2.12. The number of carbonyl (C=O) groups is 2. The minimum atomic E-state index is -0.354. The van der Waals surface area contributed by atoms with Crippen molar-refractivity contribution >= 4 is 29.1 Å². The summed E-state index contributed by atoms with van der Waals surface area (Å²) >= 11 is 6.03. The Morgan fingerprint density at radius 3 is 2.62 bits per heavy atom. The smallest absolute Gasteiger partial charge is 0.269 e. The van der Waals surface area contributed by atoms with Gasteiger partial charge in [-0.3, -0.25) is 14.6 Å². The monoisotopic (exact) mass is 346 g/mol. The summed E-state index contributed by atoms with van der Waals surface area (Å²) in [6.07, 6.45) is 1.43. The maximum Gasteiger partial charge on any atom is 0.269 e. The van der Waals surface area contributed by atoms with Crippen LogP contribution in [0.3, 0.4) is 0 Å². The quantitative estimate of drug-likeness (QED) is 0.841. The molecule has 0 atom stereocenters. The first-order valence-corrected chi connectivity index (χ1v) is 7.80. The van der Waals surface area contributed by atoms with Crippen LogP contribution < -0.4 is 10.6 Å². The summed E-state index contributed by atoms with van der Waals surface area (Å²) in [7, 11) is 3.84. The molecule has 2 rings (SSSR count). The summed E-state index contributed by atoms with van der Waals surface area (Å²) < 4.78 is 0. The van der Waals surface area contributed by atoms with Crippen molar-refractivity contribution in [3.05, 3.63) is 58.9 Å². The summed E-state index contributed by atoms with van der Waals surface area (Å²) in [4.78, 5) is 30.3. The number of rotatable bonds is 6. The van der Waals surface area contributed by atoms with Gasteiger partial charge in [-0.25, -0.2) is 0 Å². The number of carbonyl (C=O) groups excluding carboxylic acids is 2. The molecule has 0 radical (unpaired) electrons. The fourth-order valence-electron chi connectivity index (χ4n) is 1.94. The lowest BCUT2D eigenvalue weighted by molar-refractivity contribution is 0.0946. The van der Waals surface area contributed by atoms with Gasteiger partial charge in [-0.15, -0.1) is 0 Å². The summed E-state index contributed by atoms with van der Waals surface area (Å²) in [5, 5.41) is 5.92. The molecule has 0 aliphatic heterocycles. The van der Waals surface area contributed by atoms with Crippen molar-refractivity contribution in [1.82, 2.24) is 15.2 Å². The minimum absolute atomic E-state index is 0.195. The van der Waals surface area contributed by atoms with Gasteiger partial charge in [-0.2, -0.15) is 0 Å². The van der Waals surface area contributed by atoms with Gasteiger partial charge >= 0.3 is 0 Å². The van der Waals surface area contributed by atoms with Crippen LogP contribution in [0.2, 0.25) is 5.02 Å². The summed E-state index contributed by atoms with van der Waals surface area (Å²) in [6.45, 7) is 1.22. The van der Waals surface area contributed by atoms with Crippen LogP contribution in [-0.4, -0.2) is 48.9 Å². The molecule has 126 valence electrons. The molecule has 0 bridgehead atoms. The standard InChI is InChI=1S/C17H19ClN4O2/c1-22(2)10-9-20-17(24)15-11-12(7-8-19-15)16(23)21-14-6-4-3-5-13(14)18/h3-8,11H,9-10H2,1-2H3,(H,20,24)(H,21,23). The Morgan fingerprint density at radius 2 is 1.92 bits per heavy atom. The molecule has 1 aromatic carbocycles. The van der Waals surface area contributed by atoms with Crippen molar-refractivity contribution in [3.63, 3.8) is 0 Å². The summed E-state index contributed by atoms with van der Waals surface area (Å²) in [5.41, 5.74) is 1.04. The molecular weight excluding hydrogens is 328 g/mol. The molecule has 6 nitrogen and oxygen atoms in total. The predicted molar refractivity (Wildman–Crippen MR) is 94.5 cm³/mol. The first-order chi connectivity index (χ1) is 11.5. The van der Waals surface area contributed by atoms with E-state index in [-0.39, 0.29) is 17.5 Å². The van der Waals surface area contributed by atoms with Crippen molar-refractivity contribution in [2.75, 3.05) is 32.5 Å². The highest BCUT2D eigenvalue weighted by Crippen LogP contribution is 2.21. The van der Waals surface area contributed by atoms with Gasteiger partial charge in [0.1, 0.15) is 5.69 Å². The maximum atomic E-state index is 12.3. The largest absolute Gasteiger partial charge is 0.349 e. The number of aromatic nitrogens is 1. The Labute approximate surface area is 145 Å². The predicted octanol–water partition coefficient (Wildman–Crippen LogP) is 2.28. The number of nitrogens with one attached hydrogen (secondary N) is 2. The molecule has 0 saturated carbocycles.